The van der Waals surface area contributed by atoms with E-state index in [1.165, 1.54) is 5.56 Å². The van der Waals surface area contributed by atoms with Crippen molar-refractivity contribution in [1.82, 2.24) is 10.2 Å². The number of rotatable bonds is 2. The molecule has 0 aliphatic carbocycles. The molecule has 3 nitrogen and oxygen atoms in total. The normalized spacial score (nSPS) is 11.8. The standard InChI is InChI=1S/C16H16N2OS/c1-16(2,3)12-8-6-11(7-9-12)14-17-18-15(19-14)13-5-4-10-20-13/h4-10H,1-3H3. The minimum atomic E-state index is 0.148. The highest BCUT2D eigenvalue weighted by atomic mass is 32.1. The fourth-order valence-corrected chi connectivity index (χ4v) is 2.60. The third kappa shape index (κ3) is 2.51. The summed E-state index contributed by atoms with van der Waals surface area (Å²) in [7, 11) is 0. The smallest absolute Gasteiger partial charge is 0.258 e. The zero-order valence-corrected chi connectivity index (χ0v) is 12.6. The van der Waals surface area contributed by atoms with Gasteiger partial charge in [0.15, 0.2) is 0 Å². The molecular weight excluding hydrogens is 268 g/mol. The van der Waals surface area contributed by atoms with Crippen LogP contribution < -0.4 is 0 Å². The molecule has 3 rings (SSSR count). The minimum Gasteiger partial charge on any atom is -0.415 e. The molecule has 0 bridgehead atoms. The van der Waals surface area contributed by atoms with Crippen LogP contribution in [-0.4, -0.2) is 10.2 Å². The molecule has 2 aromatic heterocycles. The molecule has 0 unspecified atom stereocenters. The van der Waals surface area contributed by atoms with Gasteiger partial charge in [-0.3, -0.25) is 0 Å². The first-order valence-corrected chi connectivity index (χ1v) is 7.40. The van der Waals surface area contributed by atoms with Crippen LogP contribution >= 0.6 is 11.3 Å². The lowest BCUT2D eigenvalue weighted by Gasteiger charge is -2.18. The maximum atomic E-state index is 5.73. The molecule has 0 saturated heterocycles. The van der Waals surface area contributed by atoms with Gasteiger partial charge in [-0.25, -0.2) is 0 Å². The predicted octanol–water partition coefficient (Wildman–Crippen LogP) is 4.76. The van der Waals surface area contributed by atoms with Gasteiger partial charge in [-0.1, -0.05) is 39.0 Å². The molecular formula is C16H16N2OS. The molecule has 0 saturated carbocycles. The van der Waals surface area contributed by atoms with Gasteiger partial charge in [-0.15, -0.1) is 21.5 Å². The average Bonchev–Trinajstić information content (AvgIpc) is 3.09. The fraction of sp³-hybridized carbons (Fsp3) is 0.250. The van der Waals surface area contributed by atoms with Crippen LogP contribution in [0.1, 0.15) is 26.3 Å². The van der Waals surface area contributed by atoms with Crippen molar-refractivity contribution in [2.75, 3.05) is 0 Å². The molecule has 0 fully saturated rings. The fourth-order valence-electron chi connectivity index (χ4n) is 1.95. The summed E-state index contributed by atoms with van der Waals surface area (Å²) in [5.74, 6) is 1.14. The van der Waals surface area contributed by atoms with Gasteiger partial charge in [-0.2, -0.15) is 0 Å². The molecule has 20 heavy (non-hydrogen) atoms. The Bertz CT molecular complexity index is 691. The van der Waals surface area contributed by atoms with Gasteiger partial charge in [0.25, 0.3) is 5.89 Å². The summed E-state index contributed by atoms with van der Waals surface area (Å²) in [6.45, 7) is 6.59. The third-order valence-corrected chi connectivity index (χ3v) is 4.01. The molecule has 2 heterocycles. The van der Waals surface area contributed by atoms with Gasteiger partial charge in [0, 0.05) is 5.56 Å². The first-order chi connectivity index (χ1) is 9.54. The molecule has 0 N–H and O–H groups in total. The van der Waals surface area contributed by atoms with E-state index in [0.717, 1.165) is 10.4 Å². The lowest BCUT2D eigenvalue weighted by atomic mass is 9.87. The van der Waals surface area contributed by atoms with Crippen LogP contribution in [0.3, 0.4) is 0 Å². The van der Waals surface area contributed by atoms with E-state index < -0.39 is 0 Å². The molecule has 4 heteroatoms. The topological polar surface area (TPSA) is 38.9 Å². The number of aromatic nitrogens is 2. The minimum absolute atomic E-state index is 0.148. The molecule has 0 spiro atoms. The van der Waals surface area contributed by atoms with Crippen LogP contribution in [0.5, 0.6) is 0 Å². The highest BCUT2D eigenvalue weighted by molar-refractivity contribution is 7.13. The summed E-state index contributed by atoms with van der Waals surface area (Å²) in [4.78, 5) is 0.995. The van der Waals surface area contributed by atoms with Crippen LogP contribution in [-0.2, 0) is 5.41 Å². The number of thiophene rings is 1. The molecule has 0 aliphatic heterocycles. The van der Waals surface area contributed by atoms with Crippen LogP contribution in [0.15, 0.2) is 46.2 Å². The van der Waals surface area contributed by atoms with Crippen molar-refractivity contribution in [2.45, 2.75) is 26.2 Å². The maximum absolute atomic E-state index is 5.73. The Morgan fingerprint density at radius 1 is 0.950 bits per heavy atom. The quantitative estimate of drug-likeness (QED) is 0.681. The highest BCUT2D eigenvalue weighted by Gasteiger charge is 2.15. The lowest BCUT2D eigenvalue weighted by molar-refractivity contribution is 0.583. The van der Waals surface area contributed by atoms with Crippen molar-refractivity contribution >= 4 is 11.3 Å². The highest BCUT2D eigenvalue weighted by Crippen LogP contribution is 2.28. The first-order valence-electron chi connectivity index (χ1n) is 6.52. The van der Waals surface area contributed by atoms with Gasteiger partial charge in [0.2, 0.25) is 5.89 Å². The summed E-state index contributed by atoms with van der Waals surface area (Å²) in [6.07, 6.45) is 0. The monoisotopic (exact) mass is 284 g/mol. The summed E-state index contributed by atoms with van der Waals surface area (Å²) in [6, 6.07) is 12.2. The van der Waals surface area contributed by atoms with Crippen LogP contribution in [0, 0.1) is 0 Å². The molecule has 1 aromatic carbocycles. The van der Waals surface area contributed by atoms with E-state index >= 15 is 0 Å². The van der Waals surface area contributed by atoms with Gasteiger partial charge < -0.3 is 4.42 Å². The van der Waals surface area contributed by atoms with E-state index in [1.54, 1.807) is 11.3 Å². The zero-order chi connectivity index (χ0) is 14.2. The van der Waals surface area contributed by atoms with E-state index in [1.807, 2.05) is 29.6 Å². The second-order valence-electron chi connectivity index (χ2n) is 5.72. The van der Waals surface area contributed by atoms with E-state index in [2.05, 4.69) is 43.1 Å². The van der Waals surface area contributed by atoms with Gasteiger partial charge in [0.1, 0.15) is 0 Å². The van der Waals surface area contributed by atoms with Crippen molar-refractivity contribution in [3.8, 4) is 22.2 Å². The number of hydrogen-bond acceptors (Lipinski definition) is 4. The molecule has 0 atom stereocenters. The summed E-state index contributed by atoms with van der Waals surface area (Å²) >= 11 is 1.59. The van der Waals surface area contributed by atoms with Crippen molar-refractivity contribution in [3.05, 3.63) is 47.3 Å². The number of hydrogen-bond donors (Lipinski definition) is 0. The van der Waals surface area contributed by atoms with Crippen LogP contribution in [0.2, 0.25) is 0 Å². The first kappa shape index (κ1) is 13.1. The van der Waals surface area contributed by atoms with Gasteiger partial charge >= 0.3 is 0 Å². The van der Waals surface area contributed by atoms with E-state index in [4.69, 9.17) is 4.42 Å². The van der Waals surface area contributed by atoms with Crippen molar-refractivity contribution in [1.29, 1.82) is 0 Å². The van der Waals surface area contributed by atoms with Crippen LogP contribution in [0.25, 0.3) is 22.2 Å². The van der Waals surface area contributed by atoms with Crippen molar-refractivity contribution < 1.29 is 4.42 Å². The average molecular weight is 284 g/mol. The Morgan fingerprint density at radius 3 is 2.25 bits per heavy atom. The Labute approximate surface area is 122 Å². The Hall–Kier alpha value is -1.94. The van der Waals surface area contributed by atoms with Crippen LogP contribution in [0.4, 0.5) is 0 Å². The summed E-state index contributed by atoms with van der Waals surface area (Å²) in [5.41, 5.74) is 2.39. The van der Waals surface area contributed by atoms with Gasteiger partial charge in [-0.05, 0) is 34.6 Å². The lowest BCUT2D eigenvalue weighted by Crippen LogP contribution is -2.10. The molecule has 102 valence electrons. The SMILES string of the molecule is CC(C)(C)c1ccc(-c2nnc(-c3cccs3)o2)cc1. The van der Waals surface area contributed by atoms with Crippen molar-refractivity contribution in [3.63, 3.8) is 0 Å². The Kier molecular flexibility index (Phi) is 3.18. The van der Waals surface area contributed by atoms with E-state index in [9.17, 15) is 0 Å². The second kappa shape index (κ2) is 4.87. The third-order valence-electron chi connectivity index (χ3n) is 3.15. The molecule has 0 aliphatic rings. The Morgan fingerprint density at radius 2 is 1.65 bits per heavy atom. The zero-order valence-electron chi connectivity index (χ0n) is 11.8. The summed E-state index contributed by atoms with van der Waals surface area (Å²) in [5, 5.41) is 10.2. The summed E-state index contributed by atoms with van der Waals surface area (Å²) < 4.78 is 5.73. The Balaban J connectivity index is 1.90. The molecule has 0 radical (unpaired) electrons. The predicted molar refractivity (Wildman–Crippen MR) is 81.7 cm³/mol. The van der Waals surface area contributed by atoms with Gasteiger partial charge in [0.05, 0.1) is 4.88 Å². The maximum Gasteiger partial charge on any atom is 0.258 e. The largest absolute Gasteiger partial charge is 0.415 e. The van der Waals surface area contributed by atoms with E-state index in [-0.39, 0.29) is 5.41 Å². The van der Waals surface area contributed by atoms with E-state index in [0.29, 0.717) is 11.8 Å². The molecule has 3 aromatic rings. The number of nitrogens with zero attached hydrogens (tertiary/aromatic N) is 2. The van der Waals surface area contributed by atoms with Crippen molar-refractivity contribution in [2.24, 2.45) is 0 Å². The second-order valence-corrected chi connectivity index (χ2v) is 6.66. The number of benzene rings is 1. The molecule has 0 amide bonds.